The Morgan fingerprint density at radius 2 is 2.32 bits per heavy atom. The fourth-order valence-corrected chi connectivity index (χ4v) is 2.24. The van der Waals surface area contributed by atoms with Gasteiger partial charge in [0, 0.05) is 6.54 Å². The van der Waals surface area contributed by atoms with Crippen LogP contribution in [-0.2, 0) is 6.54 Å². The van der Waals surface area contributed by atoms with Crippen LogP contribution in [0.4, 0.5) is 4.39 Å². The third-order valence-corrected chi connectivity index (χ3v) is 3.27. The molecule has 0 aliphatic heterocycles. The second-order valence-electron chi connectivity index (χ2n) is 3.97. The molecule has 0 radical (unpaired) electrons. The van der Waals surface area contributed by atoms with E-state index in [4.69, 9.17) is 28.6 Å². The zero-order valence-electron chi connectivity index (χ0n) is 10.5. The molecule has 0 bridgehead atoms. The number of aromatic nitrogens is 3. The standard InChI is InChI=1S/C12H13ClFN3OS/c1-3-17-11(15-16-12(17)19)7(2)18-10-5-4-8(14)6-9(10)13/h4-7H,3H2,1-2H3,(H,16,19)/t7-/m0/s1. The number of rotatable bonds is 4. The summed E-state index contributed by atoms with van der Waals surface area (Å²) in [7, 11) is 0. The first kappa shape index (κ1) is 14.0. The van der Waals surface area contributed by atoms with E-state index in [1.165, 1.54) is 18.2 Å². The average molecular weight is 302 g/mol. The minimum Gasteiger partial charge on any atom is -0.481 e. The summed E-state index contributed by atoms with van der Waals surface area (Å²) in [6.07, 6.45) is -0.351. The summed E-state index contributed by atoms with van der Waals surface area (Å²) in [5.41, 5.74) is 0. The Morgan fingerprint density at radius 1 is 1.58 bits per heavy atom. The van der Waals surface area contributed by atoms with Gasteiger partial charge in [-0.05, 0) is 44.3 Å². The lowest BCUT2D eigenvalue weighted by Gasteiger charge is -2.15. The molecule has 2 aromatic rings. The quantitative estimate of drug-likeness (QED) is 0.871. The summed E-state index contributed by atoms with van der Waals surface area (Å²) in [5, 5.41) is 7.08. The molecule has 0 spiro atoms. The first-order chi connectivity index (χ1) is 9.02. The smallest absolute Gasteiger partial charge is 0.195 e. The number of nitrogens with one attached hydrogen (secondary N) is 1. The maximum Gasteiger partial charge on any atom is 0.195 e. The lowest BCUT2D eigenvalue weighted by atomic mass is 10.3. The molecule has 0 saturated carbocycles. The van der Waals surface area contributed by atoms with Crippen molar-refractivity contribution in [3.05, 3.63) is 39.6 Å². The van der Waals surface area contributed by atoms with Crippen molar-refractivity contribution < 1.29 is 9.13 Å². The number of hydrogen-bond acceptors (Lipinski definition) is 3. The molecule has 0 aliphatic rings. The number of nitrogens with zero attached hydrogens (tertiary/aromatic N) is 2. The van der Waals surface area contributed by atoms with E-state index in [0.717, 1.165) is 0 Å². The second kappa shape index (κ2) is 5.71. The number of H-pyrrole nitrogens is 1. The Balaban J connectivity index is 2.25. The third-order valence-electron chi connectivity index (χ3n) is 2.67. The second-order valence-corrected chi connectivity index (χ2v) is 4.76. The van der Waals surface area contributed by atoms with Crippen molar-refractivity contribution in [2.45, 2.75) is 26.5 Å². The molecule has 0 amide bonds. The van der Waals surface area contributed by atoms with E-state index in [2.05, 4.69) is 10.2 Å². The predicted octanol–water partition coefficient (Wildman–Crippen LogP) is 3.89. The number of benzene rings is 1. The molecule has 1 N–H and O–H groups in total. The van der Waals surface area contributed by atoms with Crippen molar-refractivity contribution in [1.29, 1.82) is 0 Å². The Kier molecular flexibility index (Phi) is 4.21. The summed E-state index contributed by atoms with van der Waals surface area (Å²) >= 11 is 11.0. The van der Waals surface area contributed by atoms with E-state index in [9.17, 15) is 4.39 Å². The van der Waals surface area contributed by atoms with Gasteiger partial charge < -0.3 is 9.30 Å². The fourth-order valence-electron chi connectivity index (χ4n) is 1.76. The average Bonchev–Trinajstić information content (AvgIpc) is 2.74. The molecule has 1 aromatic carbocycles. The molecular formula is C12H13ClFN3OS. The van der Waals surface area contributed by atoms with Gasteiger partial charge in [0.2, 0.25) is 0 Å². The number of ether oxygens (including phenoxy) is 1. The van der Waals surface area contributed by atoms with Crippen LogP contribution in [0.1, 0.15) is 25.8 Å². The van der Waals surface area contributed by atoms with Crippen LogP contribution in [0, 0.1) is 10.6 Å². The van der Waals surface area contributed by atoms with Crippen molar-refractivity contribution in [2.24, 2.45) is 0 Å². The van der Waals surface area contributed by atoms with Gasteiger partial charge in [0.05, 0.1) is 5.02 Å². The van der Waals surface area contributed by atoms with Crippen LogP contribution in [-0.4, -0.2) is 14.8 Å². The molecule has 0 saturated heterocycles. The molecular weight excluding hydrogens is 289 g/mol. The fraction of sp³-hybridized carbons (Fsp3) is 0.333. The highest BCUT2D eigenvalue weighted by molar-refractivity contribution is 7.71. The van der Waals surface area contributed by atoms with Crippen LogP contribution >= 0.6 is 23.8 Å². The van der Waals surface area contributed by atoms with Crippen molar-refractivity contribution in [3.8, 4) is 5.75 Å². The topological polar surface area (TPSA) is 42.8 Å². The van der Waals surface area contributed by atoms with Crippen molar-refractivity contribution in [2.75, 3.05) is 0 Å². The van der Waals surface area contributed by atoms with Crippen LogP contribution in [0.3, 0.4) is 0 Å². The van der Waals surface area contributed by atoms with Gasteiger partial charge in [-0.15, -0.1) is 0 Å². The molecule has 1 atom stereocenters. The van der Waals surface area contributed by atoms with Crippen LogP contribution < -0.4 is 4.74 Å². The SMILES string of the molecule is CCn1c([C@H](C)Oc2ccc(F)cc2Cl)n[nH]c1=S. The van der Waals surface area contributed by atoms with E-state index in [0.29, 0.717) is 22.9 Å². The molecule has 1 heterocycles. The molecule has 2 rings (SSSR count). The van der Waals surface area contributed by atoms with Gasteiger partial charge in [0.25, 0.3) is 0 Å². The summed E-state index contributed by atoms with van der Waals surface area (Å²) in [5.74, 6) is 0.682. The Hall–Kier alpha value is -1.40. The first-order valence-electron chi connectivity index (χ1n) is 5.79. The molecule has 102 valence electrons. The lowest BCUT2D eigenvalue weighted by Crippen LogP contribution is -2.11. The highest BCUT2D eigenvalue weighted by atomic mass is 35.5. The molecule has 0 unspecified atom stereocenters. The van der Waals surface area contributed by atoms with Crippen molar-refractivity contribution >= 4 is 23.8 Å². The molecule has 4 nitrogen and oxygen atoms in total. The zero-order valence-corrected chi connectivity index (χ0v) is 12.1. The van der Waals surface area contributed by atoms with E-state index >= 15 is 0 Å². The third kappa shape index (κ3) is 2.96. The van der Waals surface area contributed by atoms with E-state index in [1.807, 2.05) is 18.4 Å². The minimum atomic E-state index is -0.402. The summed E-state index contributed by atoms with van der Waals surface area (Å²) in [6.45, 7) is 4.48. The lowest BCUT2D eigenvalue weighted by molar-refractivity contribution is 0.210. The number of hydrogen-bond donors (Lipinski definition) is 1. The Labute approximate surface area is 120 Å². The predicted molar refractivity (Wildman–Crippen MR) is 73.5 cm³/mol. The molecule has 19 heavy (non-hydrogen) atoms. The van der Waals surface area contributed by atoms with Crippen molar-refractivity contribution in [3.63, 3.8) is 0 Å². The van der Waals surface area contributed by atoms with Crippen LogP contribution in [0.5, 0.6) is 5.75 Å². The summed E-state index contributed by atoms with van der Waals surface area (Å²) in [4.78, 5) is 0. The van der Waals surface area contributed by atoms with Gasteiger partial charge in [-0.1, -0.05) is 11.6 Å². The maximum absolute atomic E-state index is 13.0. The van der Waals surface area contributed by atoms with Gasteiger partial charge in [0.1, 0.15) is 11.6 Å². The van der Waals surface area contributed by atoms with Gasteiger partial charge in [-0.3, -0.25) is 5.10 Å². The van der Waals surface area contributed by atoms with Gasteiger partial charge >= 0.3 is 0 Å². The molecule has 7 heteroatoms. The van der Waals surface area contributed by atoms with Gasteiger partial charge in [0.15, 0.2) is 16.7 Å². The molecule has 0 fully saturated rings. The normalized spacial score (nSPS) is 12.4. The Morgan fingerprint density at radius 3 is 2.95 bits per heavy atom. The molecule has 1 aromatic heterocycles. The summed E-state index contributed by atoms with van der Waals surface area (Å²) in [6, 6.07) is 4.00. The highest BCUT2D eigenvalue weighted by Gasteiger charge is 2.16. The van der Waals surface area contributed by atoms with Gasteiger partial charge in [-0.2, -0.15) is 5.10 Å². The van der Waals surface area contributed by atoms with Crippen LogP contribution in [0.25, 0.3) is 0 Å². The monoisotopic (exact) mass is 301 g/mol. The van der Waals surface area contributed by atoms with Crippen LogP contribution in [0.15, 0.2) is 18.2 Å². The zero-order chi connectivity index (χ0) is 14.0. The van der Waals surface area contributed by atoms with E-state index < -0.39 is 5.82 Å². The van der Waals surface area contributed by atoms with Crippen LogP contribution in [0.2, 0.25) is 5.02 Å². The first-order valence-corrected chi connectivity index (χ1v) is 6.58. The minimum absolute atomic E-state index is 0.226. The highest BCUT2D eigenvalue weighted by Crippen LogP contribution is 2.29. The van der Waals surface area contributed by atoms with Crippen molar-refractivity contribution in [1.82, 2.24) is 14.8 Å². The van der Waals surface area contributed by atoms with E-state index in [1.54, 1.807) is 0 Å². The summed E-state index contributed by atoms with van der Waals surface area (Å²) < 4.78 is 21.0. The largest absolute Gasteiger partial charge is 0.481 e. The van der Waals surface area contributed by atoms with E-state index in [-0.39, 0.29) is 11.1 Å². The van der Waals surface area contributed by atoms with Gasteiger partial charge in [-0.25, -0.2) is 4.39 Å². The number of aromatic amines is 1. The number of halogens is 2. The Bertz CT molecular complexity index is 640. The maximum atomic E-state index is 13.0. The molecule has 0 aliphatic carbocycles.